The van der Waals surface area contributed by atoms with Gasteiger partial charge >= 0.3 is 0 Å². The van der Waals surface area contributed by atoms with E-state index in [4.69, 9.17) is 17.0 Å². The van der Waals surface area contributed by atoms with Crippen LogP contribution in [0.5, 0.6) is 0 Å². The van der Waals surface area contributed by atoms with Crippen molar-refractivity contribution in [3.8, 4) is 0 Å². The smallest absolute Gasteiger partial charge is 0.172 e. The van der Waals surface area contributed by atoms with Crippen LogP contribution in [0.3, 0.4) is 0 Å². The van der Waals surface area contributed by atoms with E-state index in [2.05, 4.69) is 0 Å². The van der Waals surface area contributed by atoms with Gasteiger partial charge in [0, 0.05) is 0 Å². The number of ether oxygens (including phenoxy) is 1. The average molecular weight is 160 g/mol. The maximum absolute atomic E-state index is 10.9. The minimum atomic E-state index is -0.621. The lowest BCUT2D eigenvalue weighted by Crippen LogP contribution is -2.31. The Morgan fingerprint density at radius 3 is 2.00 bits per heavy atom. The summed E-state index contributed by atoms with van der Waals surface area (Å²) in [5.74, 6) is 0.0272. The fourth-order valence-corrected chi connectivity index (χ4v) is 0.543. The SMILES string of the molecule is COC(=S)C(C)(C)C(C)=O. The summed E-state index contributed by atoms with van der Waals surface area (Å²) in [5.41, 5.74) is -0.621. The molecular weight excluding hydrogens is 148 g/mol. The largest absolute Gasteiger partial charge is 0.489 e. The highest BCUT2D eigenvalue weighted by molar-refractivity contribution is 7.80. The first kappa shape index (κ1) is 9.56. The van der Waals surface area contributed by atoms with Gasteiger partial charge in [0.1, 0.15) is 5.78 Å². The predicted octanol–water partition coefficient (Wildman–Crippen LogP) is 1.58. The summed E-state index contributed by atoms with van der Waals surface area (Å²) in [4.78, 5) is 10.9. The molecule has 0 bridgehead atoms. The van der Waals surface area contributed by atoms with Crippen molar-refractivity contribution in [2.45, 2.75) is 20.8 Å². The van der Waals surface area contributed by atoms with E-state index in [0.717, 1.165) is 0 Å². The van der Waals surface area contributed by atoms with E-state index in [-0.39, 0.29) is 5.78 Å². The van der Waals surface area contributed by atoms with Crippen LogP contribution in [0, 0.1) is 5.41 Å². The molecule has 0 fully saturated rings. The molecule has 0 aromatic carbocycles. The van der Waals surface area contributed by atoms with Crippen LogP contribution < -0.4 is 0 Å². The van der Waals surface area contributed by atoms with Crippen LogP contribution >= 0.6 is 12.2 Å². The molecule has 0 heterocycles. The van der Waals surface area contributed by atoms with Gasteiger partial charge in [-0.05, 0) is 33.0 Å². The van der Waals surface area contributed by atoms with Crippen molar-refractivity contribution in [2.75, 3.05) is 7.11 Å². The van der Waals surface area contributed by atoms with Crippen molar-refractivity contribution >= 4 is 23.1 Å². The molecule has 0 aromatic rings. The van der Waals surface area contributed by atoms with Crippen LogP contribution in [-0.4, -0.2) is 17.9 Å². The lowest BCUT2D eigenvalue weighted by Gasteiger charge is -2.20. The highest BCUT2D eigenvalue weighted by Gasteiger charge is 2.29. The van der Waals surface area contributed by atoms with Gasteiger partial charge in [0.05, 0.1) is 12.5 Å². The fourth-order valence-electron chi connectivity index (χ4n) is 0.399. The minimum Gasteiger partial charge on any atom is -0.489 e. The van der Waals surface area contributed by atoms with Crippen molar-refractivity contribution in [1.29, 1.82) is 0 Å². The summed E-state index contributed by atoms with van der Waals surface area (Å²) in [6.07, 6.45) is 0. The van der Waals surface area contributed by atoms with Crippen LogP contribution in [0.4, 0.5) is 0 Å². The number of ketones is 1. The molecule has 0 rings (SSSR count). The van der Waals surface area contributed by atoms with Crippen molar-refractivity contribution in [1.82, 2.24) is 0 Å². The third kappa shape index (κ3) is 1.77. The van der Waals surface area contributed by atoms with Crippen molar-refractivity contribution in [3.05, 3.63) is 0 Å². The summed E-state index contributed by atoms with van der Waals surface area (Å²) in [7, 11) is 1.48. The summed E-state index contributed by atoms with van der Waals surface area (Å²) in [5, 5.41) is 0.347. The second kappa shape index (κ2) is 3.10. The van der Waals surface area contributed by atoms with Crippen LogP contribution in [-0.2, 0) is 9.53 Å². The zero-order valence-electron chi connectivity index (χ0n) is 6.72. The van der Waals surface area contributed by atoms with Gasteiger partial charge < -0.3 is 4.74 Å². The van der Waals surface area contributed by atoms with E-state index in [9.17, 15) is 4.79 Å². The lowest BCUT2D eigenvalue weighted by atomic mass is 9.90. The van der Waals surface area contributed by atoms with E-state index in [1.165, 1.54) is 14.0 Å². The number of rotatable bonds is 2. The van der Waals surface area contributed by atoms with Gasteiger partial charge in [-0.15, -0.1) is 0 Å². The first-order valence-corrected chi connectivity index (χ1v) is 3.43. The van der Waals surface area contributed by atoms with E-state index in [0.29, 0.717) is 5.05 Å². The molecule has 10 heavy (non-hydrogen) atoms. The number of carbonyl (C=O) groups excluding carboxylic acids is 1. The van der Waals surface area contributed by atoms with Crippen LogP contribution in [0.1, 0.15) is 20.8 Å². The lowest BCUT2D eigenvalue weighted by molar-refractivity contribution is -0.122. The maximum atomic E-state index is 10.9. The van der Waals surface area contributed by atoms with Gasteiger partial charge in [0.2, 0.25) is 0 Å². The Labute approximate surface area is 66.6 Å². The summed E-state index contributed by atoms with van der Waals surface area (Å²) in [6.45, 7) is 5.01. The van der Waals surface area contributed by atoms with Crippen molar-refractivity contribution in [2.24, 2.45) is 5.41 Å². The van der Waals surface area contributed by atoms with E-state index >= 15 is 0 Å². The Balaban J connectivity index is 4.40. The first-order valence-electron chi connectivity index (χ1n) is 3.02. The molecule has 0 radical (unpaired) electrons. The molecule has 0 spiro atoms. The topological polar surface area (TPSA) is 26.3 Å². The molecule has 2 nitrogen and oxygen atoms in total. The Bertz CT molecular complexity index is 161. The first-order chi connectivity index (χ1) is 4.42. The molecule has 0 atom stereocenters. The third-order valence-corrected chi connectivity index (χ3v) is 2.25. The zero-order valence-corrected chi connectivity index (χ0v) is 7.54. The van der Waals surface area contributed by atoms with Crippen molar-refractivity contribution in [3.63, 3.8) is 0 Å². The standard InChI is InChI=1S/C7H12O2S/c1-5(8)7(2,3)6(10)9-4/h1-4H3. The zero-order chi connectivity index (χ0) is 8.36. The van der Waals surface area contributed by atoms with E-state index in [1.54, 1.807) is 13.8 Å². The predicted molar refractivity (Wildman–Crippen MR) is 44.1 cm³/mol. The Hall–Kier alpha value is -0.440. The normalized spacial score (nSPS) is 10.8. The van der Waals surface area contributed by atoms with Gasteiger partial charge in [0.25, 0.3) is 0 Å². The number of hydrogen-bond acceptors (Lipinski definition) is 3. The number of carbonyl (C=O) groups is 1. The molecule has 0 saturated heterocycles. The third-order valence-electron chi connectivity index (χ3n) is 1.58. The summed E-state index contributed by atoms with van der Waals surface area (Å²) >= 11 is 4.82. The van der Waals surface area contributed by atoms with Crippen molar-refractivity contribution < 1.29 is 9.53 Å². The molecule has 0 unspecified atom stereocenters. The fraction of sp³-hybridized carbons (Fsp3) is 0.714. The molecule has 3 heteroatoms. The minimum absolute atomic E-state index is 0.0272. The Kier molecular flexibility index (Phi) is 2.96. The second-order valence-electron chi connectivity index (χ2n) is 2.67. The molecule has 0 amide bonds. The number of Topliss-reactive ketones (excluding diaryl/α,β-unsaturated/α-hetero) is 1. The second-order valence-corrected chi connectivity index (χ2v) is 3.04. The molecule has 58 valence electrons. The quantitative estimate of drug-likeness (QED) is 0.574. The molecular formula is C7H12O2S. The highest BCUT2D eigenvalue weighted by Crippen LogP contribution is 2.19. The average Bonchev–Trinajstić information content (AvgIpc) is 1.86. The van der Waals surface area contributed by atoms with Gasteiger partial charge in [-0.1, -0.05) is 0 Å². The molecule has 0 aliphatic heterocycles. The Morgan fingerprint density at radius 2 is 1.90 bits per heavy atom. The number of thiocarbonyl (C=S) groups is 1. The van der Waals surface area contributed by atoms with Crippen LogP contribution in [0.25, 0.3) is 0 Å². The molecule has 0 aromatic heterocycles. The summed E-state index contributed by atoms with van der Waals surface area (Å²) in [6, 6.07) is 0. The van der Waals surface area contributed by atoms with Crippen LogP contribution in [0.2, 0.25) is 0 Å². The molecule has 0 aliphatic rings. The highest BCUT2D eigenvalue weighted by atomic mass is 32.1. The van der Waals surface area contributed by atoms with E-state index < -0.39 is 5.41 Å². The van der Waals surface area contributed by atoms with E-state index in [1.807, 2.05) is 0 Å². The van der Waals surface area contributed by atoms with Gasteiger partial charge in [-0.3, -0.25) is 4.79 Å². The van der Waals surface area contributed by atoms with Crippen LogP contribution in [0.15, 0.2) is 0 Å². The monoisotopic (exact) mass is 160 g/mol. The van der Waals surface area contributed by atoms with Gasteiger partial charge in [-0.25, -0.2) is 0 Å². The maximum Gasteiger partial charge on any atom is 0.172 e. The molecule has 0 aliphatic carbocycles. The number of methoxy groups -OCH3 is 1. The number of hydrogen-bond donors (Lipinski definition) is 0. The molecule has 0 N–H and O–H groups in total. The summed E-state index contributed by atoms with van der Waals surface area (Å²) < 4.78 is 4.79. The van der Waals surface area contributed by atoms with Gasteiger partial charge in [0.15, 0.2) is 5.05 Å². The van der Waals surface area contributed by atoms with Gasteiger partial charge in [-0.2, -0.15) is 0 Å². The Morgan fingerprint density at radius 1 is 1.50 bits per heavy atom. The molecule has 0 saturated carbocycles.